The number of hydrogen-bond acceptors (Lipinski definition) is 4. The van der Waals surface area contributed by atoms with E-state index in [1.165, 1.54) is 0 Å². The van der Waals surface area contributed by atoms with Crippen molar-refractivity contribution in [2.24, 2.45) is 0 Å². The predicted molar refractivity (Wildman–Crippen MR) is 155 cm³/mol. The molecule has 0 radical (unpaired) electrons. The molecular weight excluding hydrogens is 541 g/mol. The summed E-state index contributed by atoms with van der Waals surface area (Å²) in [5.74, 6) is -0.926. The number of benzene rings is 3. The van der Waals surface area contributed by atoms with Gasteiger partial charge in [-0.05, 0) is 67.1 Å². The Morgan fingerprint density at radius 3 is 2.58 bits per heavy atom. The van der Waals surface area contributed by atoms with E-state index in [1.54, 1.807) is 18.2 Å². The Hall–Kier alpha value is -3.52. The Morgan fingerprint density at radius 1 is 1.03 bits per heavy atom. The zero-order valence-electron chi connectivity index (χ0n) is 20.6. The summed E-state index contributed by atoms with van der Waals surface area (Å²) in [5, 5.41) is 4.37. The topological polar surface area (TPSA) is 71.4 Å². The van der Waals surface area contributed by atoms with Gasteiger partial charge < -0.3 is 9.88 Å². The highest BCUT2D eigenvalue weighted by molar-refractivity contribution is 8.18. The van der Waals surface area contributed by atoms with Crippen LogP contribution in [0.15, 0.2) is 71.8 Å². The highest BCUT2D eigenvalue weighted by Crippen LogP contribution is 2.34. The molecule has 2 heterocycles. The van der Waals surface area contributed by atoms with Gasteiger partial charge in [0, 0.05) is 44.9 Å². The number of anilines is 1. The van der Waals surface area contributed by atoms with Crippen LogP contribution in [0.2, 0.25) is 10.0 Å². The van der Waals surface area contributed by atoms with Gasteiger partial charge in [-0.1, -0.05) is 65.2 Å². The maximum absolute atomic E-state index is 13.1. The Bertz CT molecular complexity index is 1640. The molecule has 1 saturated heterocycles. The summed E-state index contributed by atoms with van der Waals surface area (Å²) in [6, 6.07) is 18.8. The Morgan fingerprint density at radius 2 is 1.82 bits per heavy atom. The van der Waals surface area contributed by atoms with Gasteiger partial charge in [-0.25, -0.2) is 0 Å². The van der Waals surface area contributed by atoms with Gasteiger partial charge in [-0.3, -0.25) is 19.3 Å². The van der Waals surface area contributed by atoms with Crippen LogP contribution in [0.4, 0.5) is 10.5 Å². The van der Waals surface area contributed by atoms with Crippen molar-refractivity contribution in [1.82, 2.24) is 9.47 Å². The molecular formula is C29H23Cl2N3O3S. The van der Waals surface area contributed by atoms with Crippen LogP contribution in [0.5, 0.6) is 0 Å². The van der Waals surface area contributed by atoms with Gasteiger partial charge in [-0.2, -0.15) is 0 Å². The lowest BCUT2D eigenvalue weighted by atomic mass is 10.1. The number of carbonyl (C=O) groups is 3. The quantitative estimate of drug-likeness (QED) is 0.250. The largest absolute Gasteiger partial charge is 0.342 e. The zero-order chi connectivity index (χ0) is 27.0. The fourth-order valence-corrected chi connectivity index (χ4v) is 5.72. The lowest BCUT2D eigenvalue weighted by molar-refractivity contribution is -0.127. The highest BCUT2D eigenvalue weighted by Gasteiger charge is 2.36. The molecule has 0 spiro atoms. The van der Waals surface area contributed by atoms with E-state index in [2.05, 4.69) is 5.32 Å². The van der Waals surface area contributed by atoms with Gasteiger partial charge in [0.25, 0.3) is 11.1 Å². The molecule has 4 aromatic rings. The van der Waals surface area contributed by atoms with Crippen LogP contribution in [-0.4, -0.2) is 33.1 Å². The molecule has 3 aromatic carbocycles. The molecule has 6 nitrogen and oxygen atoms in total. The molecule has 1 aliphatic heterocycles. The summed E-state index contributed by atoms with van der Waals surface area (Å²) in [7, 11) is 0. The number of halogens is 2. The zero-order valence-corrected chi connectivity index (χ0v) is 23.0. The summed E-state index contributed by atoms with van der Waals surface area (Å²) in [4.78, 5) is 39.7. The van der Waals surface area contributed by atoms with Gasteiger partial charge in [0.2, 0.25) is 5.91 Å². The number of nitrogens with zero attached hydrogens (tertiary/aromatic N) is 2. The molecule has 1 N–H and O–H groups in total. The number of nitrogens with one attached hydrogen (secondary N) is 1. The second kappa shape index (κ2) is 10.7. The van der Waals surface area contributed by atoms with Crippen LogP contribution in [0.25, 0.3) is 17.0 Å². The Balaban J connectivity index is 1.38. The average molecular weight is 564 g/mol. The fraction of sp³-hybridized carbons (Fsp3) is 0.138. The Labute approximate surface area is 234 Å². The van der Waals surface area contributed by atoms with Crippen LogP contribution in [0.1, 0.15) is 22.3 Å². The molecule has 9 heteroatoms. The van der Waals surface area contributed by atoms with Gasteiger partial charge in [0.05, 0.1) is 4.91 Å². The number of thioether (sulfide) groups is 1. The van der Waals surface area contributed by atoms with E-state index >= 15 is 0 Å². The molecule has 3 amide bonds. The van der Waals surface area contributed by atoms with Gasteiger partial charge in [0.1, 0.15) is 6.54 Å². The van der Waals surface area contributed by atoms with E-state index in [0.29, 0.717) is 22.3 Å². The second-order valence-corrected chi connectivity index (χ2v) is 10.9. The normalized spacial score (nSPS) is 14.6. The minimum Gasteiger partial charge on any atom is -0.342 e. The van der Waals surface area contributed by atoms with Crippen molar-refractivity contribution >= 4 is 74.7 Å². The molecule has 1 aromatic heterocycles. The number of aromatic nitrogens is 1. The summed E-state index contributed by atoms with van der Waals surface area (Å²) in [5.41, 5.74) is 5.28. The second-order valence-electron chi connectivity index (χ2n) is 9.10. The SMILES string of the molecule is Cc1ccc(NC(=O)CN2C(=O)S/C(=C/c3cn(Cc4ccc(Cl)cc4Cl)c4ccccc34)C2=O)c(C)c1. The number of aryl methyl sites for hydroxylation is 2. The maximum atomic E-state index is 13.1. The van der Waals surface area contributed by atoms with E-state index in [0.717, 1.165) is 49.8 Å². The van der Waals surface area contributed by atoms with Crippen molar-refractivity contribution in [3.05, 3.63) is 104 Å². The van der Waals surface area contributed by atoms with Gasteiger partial charge in [0.15, 0.2) is 0 Å². The first-order valence-electron chi connectivity index (χ1n) is 11.8. The van der Waals surface area contributed by atoms with Gasteiger partial charge in [-0.15, -0.1) is 0 Å². The molecule has 0 atom stereocenters. The molecule has 0 aliphatic carbocycles. The number of para-hydroxylation sites is 1. The number of carbonyl (C=O) groups excluding carboxylic acids is 3. The van der Waals surface area contributed by atoms with Crippen molar-refractivity contribution in [3.63, 3.8) is 0 Å². The lowest BCUT2D eigenvalue weighted by Crippen LogP contribution is -2.36. The third kappa shape index (κ3) is 5.36. The summed E-state index contributed by atoms with van der Waals surface area (Å²) >= 11 is 13.3. The van der Waals surface area contributed by atoms with Crippen molar-refractivity contribution in [3.8, 4) is 0 Å². The maximum Gasteiger partial charge on any atom is 0.294 e. The van der Waals surface area contributed by atoms with Crippen molar-refractivity contribution in [1.29, 1.82) is 0 Å². The standard InChI is InChI=1S/C29H23Cl2N3O3S/c1-17-7-10-24(18(2)11-17)32-27(35)16-34-28(36)26(38-29(34)37)12-20-15-33(25-6-4-3-5-22(20)25)14-19-8-9-21(30)13-23(19)31/h3-13,15H,14,16H2,1-2H3,(H,32,35)/b26-12+. The molecule has 5 rings (SSSR count). The minimum atomic E-state index is -0.492. The summed E-state index contributed by atoms with van der Waals surface area (Å²) in [6.45, 7) is 4.01. The monoisotopic (exact) mass is 563 g/mol. The molecule has 1 fully saturated rings. The lowest BCUT2D eigenvalue weighted by Gasteiger charge is -2.14. The first-order valence-corrected chi connectivity index (χ1v) is 13.4. The third-order valence-electron chi connectivity index (χ3n) is 6.29. The smallest absolute Gasteiger partial charge is 0.294 e. The molecule has 0 bridgehead atoms. The van der Waals surface area contributed by atoms with Crippen molar-refractivity contribution in [2.75, 3.05) is 11.9 Å². The summed E-state index contributed by atoms with van der Waals surface area (Å²) in [6.07, 6.45) is 3.63. The van der Waals surface area contributed by atoms with E-state index < -0.39 is 17.1 Å². The van der Waals surface area contributed by atoms with Crippen LogP contribution in [0, 0.1) is 13.8 Å². The number of imide groups is 1. The predicted octanol–water partition coefficient (Wildman–Crippen LogP) is 7.29. The molecule has 1 aliphatic rings. The van der Waals surface area contributed by atoms with Crippen LogP contribution < -0.4 is 5.32 Å². The van der Waals surface area contributed by atoms with Crippen LogP contribution in [-0.2, 0) is 16.1 Å². The third-order valence-corrected chi connectivity index (χ3v) is 7.79. The molecule has 192 valence electrons. The molecule has 0 saturated carbocycles. The van der Waals surface area contributed by atoms with Gasteiger partial charge >= 0.3 is 0 Å². The number of fused-ring (bicyclic) bond motifs is 1. The van der Waals surface area contributed by atoms with E-state index in [-0.39, 0.29) is 11.4 Å². The van der Waals surface area contributed by atoms with Crippen LogP contribution in [0.3, 0.4) is 0 Å². The highest BCUT2D eigenvalue weighted by atomic mass is 35.5. The molecule has 0 unspecified atom stereocenters. The van der Waals surface area contributed by atoms with Crippen LogP contribution >= 0.6 is 35.0 Å². The Kier molecular flexibility index (Phi) is 7.34. The first-order chi connectivity index (χ1) is 18.2. The van der Waals surface area contributed by atoms with Crippen molar-refractivity contribution < 1.29 is 14.4 Å². The van der Waals surface area contributed by atoms with E-state index in [1.807, 2.05) is 73.1 Å². The van der Waals surface area contributed by atoms with Crippen molar-refractivity contribution in [2.45, 2.75) is 20.4 Å². The molecule has 38 heavy (non-hydrogen) atoms. The summed E-state index contributed by atoms with van der Waals surface area (Å²) < 4.78 is 2.04. The number of amides is 3. The fourth-order valence-electron chi connectivity index (χ4n) is 4.42. The minimum absolute atomic E-state index is 0.266. The number of rotatable bonds is 6. The average Bonchev–Trinajstić information content (AvgIpc) is 3.34. The number of hydrogen-bond donors (Lipinski definition) is 1. The van der Waals surface area contributed by atoms with E-state index in [4.69, 9.17) is 23.2 Å². The van der Waals surface area contributed by atoms with E-state index in [9.17, 15) is 14.4 Å². The first kappa shape index (κ1) is 26.1.